The summed E-state index contributed by atoms with van der Waals surface area (Å²) < 4.78 is 5.27. The van der Waals surface area contributed by atoms with Gasteiger partial charge in [0.05, 0.1) is 0 Å². The van der Waals surface area contributed by atoms with Crippen LogP contribution in [-0.4, -0.2) is 35.8 Å². The molecule has 18 heavy (non-hydrogen) atoms. The molecular weight excluding hydrogens is 230 g/mol. The van der Waals surface area contributed by atoms with E-state index in [1.165, 1.54) is 0 Å². The van der Waals surface area contributed by atoms with Crippen molar-refractivity contribution in [3.63, 3.8) is 0 Å². The average Bonchev–Trinajstić information content (AvgIpc) is 2.88. The summed E-state index contributed by atoms with van der Waals surface area (Å²) in [6, 6.07) is 9.68. The molecule has 1 N–H and O–H groups in total. The Morgan fingerprint density at radius 3 is 2.56 bits per heavy atom. The minimum absolute atomic E-state index is 0.234. The standard InChI is InChI=1S/C14H17NO3/c16-8-13-11-6-15(7-12(11)13)14(17)18-9-10-4-2-1-3-5-10/h1-5,11-13,16H,6-9H2/t11-,12-/m1/s1. The number of carbonyl (C=O) groups is 1. The van der Waals surface area contributed by atoms with Gasteiger partial charge in [-0.2, -0.15) is 0 Å². The number of benzene rings is 1. The number of carbonyl (C=O) groups excluding carboxylic acids is 1. The highest BCUT2D eigenvalue weighted by Crippen LogP contribution is 2.51. The molecule has 1 aliphatic carbocycles. The molecule has 2 fully saturated rings. The average molecular weight is 247 g/mol. The fourth-order valence-corrected chi connectivity index (χ4v) is 2.88. The maximum absolute atomic E-state index is 11.8. The number of aliphatic hydroxyl groups is 1. The van der Waals surface area contributed by atoms with Gasteiger partial charge >= 0.3 is 6.09 Å². The normalized spacial score (nSPS) is 28.9. The summed E-state index contributed by atoms with van der Waals surface area (Å²) in [5.74, 6) is 1.42. The first-order chi connectivity index (χ1) is 8.79. The molecule has 0 unspecified atom stereocenters. The second-order valence-electron chi connectivity index (χ2n) is 5.12. The van der Waals surface area contributed by atoms with Crippen molar-refractivity contribution >= 4 is 6.09 Å². The summed E-state index contributed by atoms with van der Waals surface area (Å²) >= 11 is 0. The van der Waals surface area contributed by atoms with Crippen LogP contribution in [0.5, 0.6) is 0 Å². The number of hydrogen-bond donors (Lipinski definition) is 1. The Balaban J connectivity index is 1.46. The van der Waals surface area contributed by atoms with Gasteiger partial charge in [0.2, 0.25) is 0 Å². The van der Waals surface area contributed by atoms with Crippen LogP contribution in [0.15, 0.2) is 30.3 Å². The third-order valence-corrected chi connectivity index (χ3v) is 4.05. The molecule has 1 aliphatic heterocycles. The lowest BCUT2D eigenvalue weighted by atomic mass is 10.2. The molecule has 0 radical (unpaired) electrons. The second-order valence-corrected chi connectivity index (χ2v) is 5.12. The third kappa shape index (κ3) is 2.08. The van der Waals surface area contributed by atoms with Crippen LogP contribution in [0.1, 0.15) is 5.56 Å². The summed E-state index contributed by atoms with van der Waals surface area (Å²) in [5.41, 5.74) is 1.00. The van der Waals surface area contributed by atoms with Crippen LogP contribution in [0.2, 0.25) is 0 Å². The fourth-order valence-electron chi connectivity index (χ4n) is 2.88. The van der Waals surface area contributed by atoms with E-state index in [0.29, 0.717) is 24.4 Å². The van der Waals surface area contributed by atoms with Gasteiger partial charge in [-0.15, -0.1) is 0 Å². The lowest BCUT2D eigenvalue weighted by molar-refractivity contribution is 0.0967. The molecule has 1 amide bonds. The van der Waals surface area contributed by atoms with E-state index in [1.807, 2.05) is 30.3 Å². The van der Waals surface area contributed by atoms with Gasteiger partial charge in [-0.05, 0) is 23.3 Å². The first kappa shape index (κ1) is 11.5. The number of ether oxygens (including phenoxy) is 1. The molecular formula is C14H17NO3. The van der Waals surface area contributed by atoms with Crippen molar-refractivity contribution in [2.24, 2.45) is 17.8 Å². The number of piperidine rings is 1. The van der Waals surface area contributed by atoms with Crippen molar-refractivity contribution in [3.8, 4) is 0 Å². The Morgan fingerprint density at radius 2 is 1.94 bits per heavy atom. The molecule has 2 atom stereocenters. The molecule has 1 saturated carbocycles. The molecule has 1 aromatic rings. The Labute approximate surface area is 106 Å². The molecule has 0 aromatic heterocycles. The second kappa shape index (κ2) is 4.61. The van der Waals surface area contributed by atoms with Crippen LogP contribution in [0, 0.1) is 17.8 Å². The van der Waals surface area contributed by atoms with Crippen molar-refractivity contribution in [2.75, 3.05) is 19.7 Å². The number of aliphatic hydroxyl groups excluding tert-OH is 1. The van der Waals surface area contributed by atoms with Crippen molar-refractivity contribution in [1.82, 2.24) is 4.90 Å². The zero-order valence-corrected chi connectivity index (χ0v) is 10.2. The highest BCUT2D eigenvalue weighted by Gasteiger charge is 2.56. The molecule has 3 rings (SSSR count). The highest BCUT2D eigenvalue weighted by atomic mass is 16.6. The Hall–Kier alpha value is -1.55. The zero-order valence-electron chi connectivity index (χ0n) is 10.2. The van der Waals surface area contributed by atoms with E-state index in [9.17, 15) is 4.79 Å². The van der Waals surface area contributed by atoms with E-state index >= 15 is 0 Å². The van der Waals surface area contributed by atoms with Crippen LogP contribution in [-0.2, 0) is 11.3 Å². The maximum atomic E-state index is 11.8. The lowest BCUT2D eigenvalue weighted by Gasteiger charge is -2.19. The van der Waals surface area contributed by atoms with Gasteiger partial charge in [0.25, 0.3) is 0 Å². The number of amides is 1. The van der Waals surface area contributed by atoms with E-state index in [4.69, 9.17) is 9.84 Å². The largest absolute Gasteiger partial charge is 0.445 e. The number of fused-ring (bicyclic) bond motifs is 1. The van der Waals surface area contributed by atoms with Gasteiger partial charge in [0.1, 0.15) is 6.61 Å². The summed E-state index contributed by atoms with van der Waals surface area (Å²) in [7, 11) is 0. The van der Waals surface area contributed by atoms with Gasteiger partial charge in [-0.3, -0.25) is 0 Å². The number of hydrogen-bond acceptors (Lipinski definition) is 3. The molecule has 0 spiro atoms. The van der Waals surface area contributed by atoms with E-state index in [2.05, 4.69) is 0 Å². The number of rotatable bonds is 3. The van der Waals surface area contributed by atoms with E-state index < -0.39 is 0 Å². The molecule has 1 heterocycles. The summed E-state index contributed by atoms with van der Waals surface area (Å²) in [6.07, 6.45) is -0.234. The molecule has 1 aromatic carbocycles. The molecule has 2 aliphatic rings. The minimum Gasteiger partial charge on any atom is -0.445 e. The van der Waals surface area contributed by atoms with Gasteiger partial charge in [0, 0.05) is 19.7 Å². The third-order valence-electron chi connectivity index (χ3n) is 4.05. The van der Waals surface area contributed by atoms with Gasteiger partial charge in [-0.1, -0.05) is 30.3 Å². The SMILES string of the molecule is O=C(OCc1ccccc1)N1C[C@H]2C(CO)[C@@H]2C1. The molecule has 4 nitrogen and oxygen atoms in total. The van der Waals surface area contributed by atoms with Crippen LogP contribution in [0.3, 0.4) is 0 Å². The summed E-state index contributed by atoms with van der Waals surface area (Å²) in [6.45, 7) is 2.06. The first-order valence-electron chi connectivity index (χ1n) is 6.36. The van der Waals surface area contributed by atoms with E-state index in [-0.39, 0.29) is 12.7 Å². The Morgan fingerprint density at radius 1 is 1.28 bits per heavy atom. The molecule has 4 heteroatoms. The molecule has 1 saturated heterocycles. The quantitative estimate of drug-likeness (QED) is 0.880. The number of nitrogens with zero attached hydrogens (tertiary/aromatic N) is 1. The topological polar surface area (TPSA) is 49.8 Å². The summed E-state index contributed by atoms with van der Waals surface area (Å²) in [5, 5.41) is 9.05. The van der Waals surface area contributed by atoms with Crippen molar-refractivity contribution in [1.29, 1.82) is 0 Å². The zero-order chi connectivity index (χ0) is 12.5. The van der Waals surface area contributed by atoms with E-state index in [1.54, 1.807) is 4.90 Å². The predicted octanol–water partition coefficient (Wildman–Crippen LogP) is 1.49. The van der Waals surface area contributed by atoms with Crippen molar-refractivity contribution in [3.05, 3.63) is 35.9 Å². The van der Waals surface area contributed by atoms with Crippen molar-refractivity contribution < 1.29 is 14.6 Å². The van der Waals surface area contributed by atoms with Crippen molar-refractivity contribution in [2.45, 2.75) is 6.61 Å². The monoisotopic (exact) mass is 247 g/mol. The molecule has 96 valence electrons. The van der Waals surface area contributed by atoms with Gasteiger partial charge in [-0.25, -0.2) is 4.79 Å². The van der Waals surface area contributed by atoms with Gasteiger partial charge in [0.15, 0.2) is 0 Å². The highest BCUT2D eigenvalue weighted by molar-refractivity contribution is 5.68. The molecule has 0 bridgehead atoms. The first-order valence-corrected chi connectivity index (χ1v) is 6.36. The van der Waals surface area contributed by atoms with Crippen LogP contribution >= 0.6 is 0 Å². The van der Waals surface area contributed by atoms with Crippen LogP contribution in [0.4, 0.5) is 4.79 Å². The fraction of sp³-hybridized carbons (Fsp3) is 0.500. The van der Waals surface area contributed by atoms with Crippen LogP contribution < -0.4 is 0 Å². The van der Waals surface area contributed by atoms with Crippen LogP contribution in [0.25, 0.3) is 0 Å². The maximum Gasteiger partial charge on any atom is 0.410 e. The smallest absolute Gasteiger partial charge is 0.410 e. The predicted molar refractivity (Wildman–Crippen MR) is 65.8 cm³/mol. The lowest BCUT2D eigenvalue weighted by Crippen LogP contribution is -2.32. The Kier molecular flexibility index (Phi) is 2.96. The Bertz CT molecular complexity index is 422. The van der Waals surface area contributed by atoms with Gasteiger partial charge < -0.3 is 14.7 Å². The number of likely N-dealkylation sites (tertiary alicyclic amines) is 1. The minimum atomic E-state index is -0.234. The van der Waals surface area contributed by atoms with E-state index in [0.717, 1.165) is 18.7 Å². The summed E-state index contributed by atoms with van der Waals surface area (Å²) in [4.78, 5) is 13.6.